The van der Waals surface area contributed by atoms with E-state index in [1.54, 1.807) is 0 Å². The lowest BCUT2D eigenvalue weighted by molar-refractivity contribution is 0.0990. The number of nitrogens with zero attached hydrogens (tertiary/aromatic N) is 2. The molecule has 1 heterocycles. The predicted octanol–water partition coefficient (Wildman–Crippen LogP) is 4.20. The van der Waals surface area contributed by atoms with Crippen molar-refractivity contribution < 1.29 is 4.79 Å². The van der Waals surface area contributed by atoms with E-state index >= 15 is 0 Å². The van der Waals surface area contributed by atoms with Crippen LogP contribution in [0.15, 0.2) is 24.4 Å². The minimum Gasteiger partial charge on any atom is -0.294 e. The average Bonchev–Trinajstić information content (AvgIpc) is 2.85. The van der Waals surface area contributed by atoms with Gasteiger partial charge in [0.25, 0.3) is 0 Å². The van der Waals surface area contributed by atoms with E-state index in [1.807, 2.05) is 30.8 Å². The van der Waals surface area contributed by atoms with Crippen LogP contribution in [0.4, 0.5) is 0 Å². The third-order valence-corrected chi connectivity index (χ3v) is 4.00. The van der Waals surface area contributed by atoms with Crippen molar-refractivity contribution >= 4 is 5.78 Å². The Morgan fingerprint density at radius 1 is 1.24 bits per heavy atom. The molecule has 0 fully saturated rings. The largest absolute Gasteiger partial charge is 0.294 e. The zero-order valence-corrected chi connectivity index (χ0v) is 13.6. The van der Waals surface area contributed by atoms with Gasteiger partial charge in [-0.1, -0.05) is 24.6 Å². The summed E-state index contributed by atoms with van der Waals surface area (Å²) in [4.78, 5) is 12.6. The molecule has 0 saturated carbocycles. The second-order valence-electron chi connectivity index (χ2n) is 5.92. The van der Waals surface area contributed by atoms with Crippen LogP contribution in [0, 0.1) is 20.8 Å². The topological polar surface area (TPSA) is 34.9 Å². The summed E-state index contributed by atoms with van der Waals surface area (Å²) in [5, 5.41) is 4.52. The molecule has 0 saturated heterocycles. The maximum absolute atomic E-state index is 12.6. The minimum atomic E-state index is 0.152. The number of hydrogen-bond donors (Lipinski definition) is 0. The normalized spacial score (nSPS) is 12.4. The highest BCUT2D eigenvalue weighted by molar-refractivity contribution is 6.00. The highest BCUT2D eigenvalue weighted by atomic mass is 16.1. The Morgan fingerprint density at radius 3 is 2.43 bits per heavy atom. The van der Waals surface area contributed by atoms with Gasteiger partial charge in [-0.2, -0.15) is 5.10 Å². The molecule has 21 heavy (non-hydrogen) atoms. The first-order valence-corrected chi connectivity index (χ1v) is 7.57. The first-order valence-electron chi connectivity index (χ1n) is 7.57. The summed E-state index contributed by atoms with van der Waals surface area (Å²) in [5.41, 5.74) is 5.00. The van der Waals surface area contributed by atoms with E-state index in [9.17, 15) is 4.79 Å². The van der Waals surface area contributed by atoms with E-state index in [4.69, 9.17) is 0 Å². The van der Waals surface area contributed by atoms with Crippen molar-refractivity contribution in [3.05, 3.63) is 52.3 Å². The number of benzene rings is 1. The molecule has 3 nitrogen and oxygen atoms in total. The Morgan fingerprint density at radius 2 is 1.86 bits per heavy atom. The fourth-order valence-electron chi connectivity index (χ4n) is 2.78. The van der Waals surface area contributed by atoms with E-state index in [0.717, 1.165) is 28.8 Å². The monoisotopic (exact) mass is 284 g/mol. The van der Waals surface area contributed by atoms with Crippen LogP contribution in [0.5, 0.6) is 0 Å². The number of ketones is 1. The van der Waals surface area contributed by atoms with Gasteiger partial charge in [0.05, 0.1) is 12.1 Å². The Bertz CT molecular complexity index is 632. The molecule has 0 N–H and O–H groups in total. The van der Waals surface area contributed by atoms with Crippen LogP contribution in [0.2, 0.25) is 0 Å². The van der Waals surface area contributed by atoms with Gasteiger partial charge in [-0.05, 0) is 51.3 Å². The van der Waals surface area contributed by atoms with Crippen LogP contribution >= 0.6 is 0 Å². The highest BCUT2D eigenvalue weighted by Crippen LogP contribution is 2.19. The highest BCUT2D eigenvalue weighted by Gasteiger charge is 2.15. The van der Waals surface area contributed by atoms with Crippen LogP contribution < -0.4 is 0 Å². The molecular weight excluding hydrogens is 260 g/mol. The van der Waals surface area contributed by atoms with Crippen molar-refractivity contribution in [2.75, 3.05) is 0 Å². The van der Waals surface area contributed by atoms with Gasteiger partial charge in [-0.15, -0.1) is 0 Å². The van der Waals surface area contributed by atoms with Crippen molar-refractivity contribution in [3.63, 3.8) is 0 Å². The number of carbonyl (C=O) groups is 1. The van der Waals surface area contributed by atoms with E-state index < -0.39 is 0 Å². The molecule has 0 spiro atoms. The van der Waals surface area contributed by atoms with Crippen molar-refractivity contribution in [1.29, 1.82) is 0 Å². The summed E-state index contributed by atoms with van der Waals surface area (Å²) in [6, 6.07) is 6.45. The molecule has 0 bridgehead atoms. The van der Waals surface area contributed by atoms with Crippen LogP contribution in [-0.4, -0.2) is 15.6 Å². The number of rotatable bonds is 5. The molecule has 1 aromatic carbocycles. The minimum absolute atomic E-state index is 0.152. The molecule has 2 aromatic rings. The summed E-state index contributed by atoms with van der Waals surface area (Å²) >= 11 is 0. The molecule has 1 atom stereocenters. The quantitative estimate of drug-likeness (QED) is 0.771. The fraction of sp³-hybridized carbons (Fsp3) is 0.444. The van der Waals surface area contributed by atoms with Gasteiger partial charge < -0.3 is 0 Å². The Hall–Kier alpha value is -1.90. The summed E-state index contributed by atoms with van der Waals surface area (Å²) in [6.45, 7) is 10.3. The molecule has 0 aliphatic rings. The summed E-state index contributed by atoms with van der Waals surface area (Å²) in [5.74, 6) is 0.152. The Kier molecular flexibility index (Phi) is 4.61. The molecule has 1 unspecified atom stereocenters. The lowest BCUT2D eigenvalue weighted by Gasteiger charge is -2.10. The van der Waals surface area contributed by atoms with Crippen LogP contribution in [0.25, 0.3) is 0 Å². The predicted molar refractivity (Wildman–Crippen MR) is 85.9 cm³/mol. The summed E-state index contributed by atoms with van der Waals surface area (Å²) in [7, 11) is 0. The maximum atomic E-state index is 12.6. The third-order valence-electron chi connectivity index (χ3n) is 4.00. The molecule has 0 aliphatic carbocycles. The molecular formula is C18H24N2O. The summed E-state index contributed by atoms with van der Waals surface area (Å²) < 4.78 is 1.94. The zero-order chi connectivity index (χ0) is 15.6. The Balaban J connectivity index is 2.21. The zero-order valence-electron chi connectivity index (χ0n) is 13.6. The SMILES string of the molecule is CCC(C)n1ccc(CC(=O)c2c(C)cc(C)cc2C)n1. The van der Waals surface area contributed by atoms with Gasteiger partial charge in [-0.25, -0.2) is 0 Å². The maximum Gasteiger partial charge on any atom is 0.169 e. The fourth-order valence-corrected chi connectivity index (χ4v) is 2.78. The number of carbonyl (C=O) groups excluding carboxylic acids is 1. The lowest BCUT2D eigenvalue weighted by Crippen LogP contribution is -2.10. The second-order valence-corrected chi connectivity index (χ2v) is 5.92. The van der Waals surface area contributed by atoms with E-state index in [1.165, 1.54) is 5.56 Å². The van der Waals surface area contributed by atoms with Crippen molar-refractivity contribution in [2.45, 2.75) is 53.5 Å². The van der Waals surface area contributed by atoms with Crippen molar-refractivity contribution in [1.82, 2.24) is 9.78 Å². The van der Waals surface area contributed by atoms with Gasteiger partial charge in [0.2, 0.25) is 0 Å². The van der Waals surface area contributed by atoms with Gasteiger partial charge in [0.1, 0.15) is 0 Å². The van der Waals surface area contributed by atoms with Crippen LogP contribution in [0.3, 0.4) is 0 Å². The molecule has 112 valence electrons. The Labute approximate surface area is 127 Å². The van der Waals surface area contributed by atoms with E-state index in [0.29, 0.717) is 12.5 Å². The van der Waals surface area contributed by atoms with Crippen molar-refractivity contribution in [3.8, 4) is 0 Å². The summed E-state index contributed by atoms with van der Waals surface area (Å²) in [6.07, 6.45) is 3.37. The number of hydrogen-bond acceptors (Lipinski definition) is 2. The van der Waals surface area contributed by atoms with E-state index in [2.05, 4.69) is 38.0 Å². The molecule has 0 amide bonds. The van der Waals surface area contributed by atoms with Gasteiger partial charge in [0.15, 0.2) is 5.78 Å². The molecule has 2 rings (SSSR count). The number of aromatic nitrogens is 2. The van der Waals surface area contributed by atoms with Crippen LogP contribution in [0.1, 0.15) is 59.1 Å². The van der Waals surface area contributed by atoms with Crippen LogP contribution in [-0.2, 0) is 6.42 Å². The third kappa shape index (κ3) is 3.41. The molecule has 3 heteroatoms. The molecule has 0 radical (unpaired) electrons. The first kappa shape index (κ1) is 15.5. The first-order chi connectivity index (χ1) is 9.92. The van der Waals surface area contributed by atoms with Gasteiger partial charge >= 0.3 is 0 Å². The van der Waals surface area contributed by atoms with Gasteiger partial charge in [-0.3, -0.25) is 9.48 Å². The standard InChI is InChI=1S/C18H24N2O/c1-6-15(5)20-8-7-16(19-20)11-17(21)18-13(3)9-12(2)10-14(18)4/h7-10,15H,6,11H2,1-5H3. The molecule has 1 aromatic heterocycles. The smallest absolute Gasteiger partial charge is 0.169 e. The van der Waals surface area contributed by atoms with Crippen molar-refractivity contribution in [2.24, 2.45) is 0 Å². The average molecular weight is 284 g/mol. The van der Waals surface area contributed by atoms with E-state index in [-0.39, 0.29) is 5.78 Å². The number of Topliss-reactive ketones (excluding diaryl/α,β-unsaturated/α-hetero) is 1. The number of aryl methyl sites for hydroxylation is 3. The van der Waals surface area contributed by atoms with Gasteiger partial charge in [0, 0.05) is 17.8 Å². The molecule has 0 aliphatic heterocycles. The second kappa shape index (κ2) is 6.25. The lowest BCUT2D eigenvalue weighted by atomic mass is 9.95.